The average Bonchev–Trinajstić information content (AvgIpc) is 3.02. The number of aromatic nitrogens is 2. The highest BCUT2D eigenvalue weighted by Gasteiger charge is 2.37. The van der Waals surface area contributed by atoms with Crippen LogP contribution < -0.4 is 5.32 Å². The molecule has 1 unspecified atom stereocenters. The van der Waals surface area contributed by atoms with E-state index in [1.165, 1.54) is 12.1 Å². The maximum absolute atomic E-state index is 13.5. The van der Waals surface area contributed by atoms with E-state index in [1.807, 2.05) is 13.8 Å². The molecule has 1 N–H and O–H groups in total. The lowest BCUT2D eigenvalue weighted by Gasteiger charge is -2.27. The highest BCUT2D eigenvalue weighted by Crippen LogP contribution is 2.43. The fourth-order valence-electron chi connectivity index (χ4n) is 3.04. The molecule has 3 rings (SSSR count). The first-order chi connectivity index (χ1) is 11.8. The van der Waals surface area contributed by atoms with Crippen LogP contribution in [-0.2, 0) is 12.6 Å². The van der Waals surface area contributed by atoms with E-state index in [0.717, 1.165) is 11.8 Å². The molecule has 0 radical (unpaired) electrons. The number of nitrogens with one attached hydrogen (secondary N) is 1. The van der Waals surface area contributed by atoms with Crippen molar-refractivity contribution in [3.05, 3.63) is 64.6 Å². The van der Waals surface area contributed by atoms with Crippen molar-refractivity contribution in [2.45, 2.75) is 39.3 Å². The molecule has 2 heterocycles. The summed E-state index contributed by atoms with van der Waals surface area (Å²) in [5.74, 6) is 0.140. The van der Waals surface area contributed by atoms with E-state index >= 15 is 0 Å². The molecule has 2 aromatic rings. The van der Waals surface area contributed by atoms with Crippen molar-refractivity contribution in [3.63, 3.8) is 0 Å². The Morgan fingerprint density at radius 3 is 2.56 bits per heavy atom. The standard InChI is InChI=1S/C18H18F3N3O/c1-4-15-23-17(25-24-15)16-11(3)22-10(2)9-13(16)12-7-5-6-8-14(12)18(19,20)21/h5-9,13,22H,4H2,1-3H3. The van der Waals surface area contributed by atoms with Crippen molar-refractivity contribution in [2.75, 3.05) is 0 Å². The van der Waals surface area contributed by atoms with Crippen molar-refractivity contribution in [1.29, 1.82) is 0 Å². The number of dihydropyridines is 1. The predicted octanol–water partition coefficient (Wildman–Crippen LogP) is 4.67. The lowest BCUT2D eigenvalue weighted by molar-refractivity contribution is -0.138. The van der Waals surface area contributed by atoms with E-state index in [-0.39, 0.29) is 11.5 Å². The summed E-state index contributed by atoms with van der Waals surface area (Å²) in [5.41, 5.74) is 1.55. The summed E-state index contributed by atoms with van der Waals surface area (Å²) in [7, 11) is 0. The van der Waals surface area contributed by atoms with Gasteiger partial charge in [0.25, 0.3) is 5.89 Å². The SMILES string of the molecule is CCc1noc(C2=C(C)NC(C)=CC2c2ccccc2C(F)(F)F)n1. The van der Waals surface area contributed by atoms with Gasteiger partial charge in [0, 0.05) is 29.3 Å². The number of alkyl halides is 3. The smallest absolute Gasteiger partial charge is 0.363 e. The quantitative estimate of drug-likeness (QED) is 0.875. The Morgan fingerprint density at radius 1 is 1.20 bits per heavy atom. The molecule has 1 aromatic heterocycles. The number of halogens is 3. The summed E-state index contributed by atoms with van der Waals surface area (Å²) in [4.78, 5) is 4.31. The first kappa shape index (κ1) is 17.3. The van der Waals surface area contributed by atoms with Gasteiger partial charge in [0.05, 0.1) is 5.56 Å². The Morgan fingerprint density at radius 2 is 1.92 bits per heavy atom. The van der Waals surface area contributed by atoms with Crippen LogP contribution in [0.3, 0.4) is 0 Å². The van der Waals surface area contributed by atoms with Gasteiger partial charge in [-0.2, -0.15) is 18.2 Å². The van der Waals surface area contributed by atoms with Crippen LogP contribution in [0.25, 0.3) is 5.57 Å². The molecule has 132 valence electrons. The Balaban J connectivity index is 2.17. The van der Waals surface area contributed by atoms with Crippen LogP contribution in [0.15, 0.2) is 46.3 Å². The van der Waals surface area contributed by atoms with Crippen molar-refractivity contribution < 1.29 is 17.7 Å². The first-order valence-corrected chi connectivity index (χ1v) is 7.96. The lowest BCUT2D eigenvalue weighted by atomic mass is 9.84. The minimum Gasteiger partial charge on any atom is -0.363 e. The Kier molecular flexibility index (Phi) is 4.41. The van der Waals surface area contributed by atoms with E-state index < -0.39 is 17.7 Å². The zero-order chi connectivity index (χ0) is 18.2. The normalized spacial score (nSPS) is 18.2. The zero-order valence-corrected chi connectivity index (χ0v) is 14.1. The Hall–Kier alpha value is -2.57. The van der Waals surface area contributed by atoms with Crippen molar-refractivity contribution in [2.24, 2.45) is 0 Å². The molecule has 4 nitrogen and oxygen atoms in total. The zero-order valence-electron chi connectivity index (χ0n) is 14.1. The summed E-state index contributed by atoms with van der Waals surface area (Å²) in [6, 6.07) is 5.59. The summed E-state index contributed by atoms with van der Waals surface area (Å²) >= 11 is 0. The molecular formula is C18H18F3N3O. The Bertz CT molecular complexity index is 849. The van der Waals surface area contributed by atoms with Gasteiger partial charge >= 0.3 is 6.18 Å². The molecule has 1 aliphatic rings. The molecule has 0 spiro atoms. The van der Waals surface area contributed by atoms with Crippen molar-refractivity contribution >= 4 is 5.57 Å². The van der Waals surface area contributed by atoms with Crippen LogP contribution in [0.5, 0.6) is 0 Å². The third-order valence-corrected chi connectivity index (χ3v) is 4.13. The molecular weight excluding hydrogens is 331 g/mol. The van der Waals surface area contributed by atoms with Gasteiger partial charge in [-0.05, 0) is 25.5 Å². The fourth-order valence-corrected chi connectivity index (χ4v) is 3.04. The average molecular weight is 349 g/mol. The Labute approximate surface area is 143 Å². The molecule has 1 aliphatic heterocycles. The van der Waals surface area contributed by atoms with Crippen LogP contribution in [0.1, 0.15) is 49.5 Å². The number of rotatable bonds is 3. The topological polar surface area (TPSA) is 51.0 Å². The molecule has 25 heavy (non-hydrogen) atoms. The van der Waals surface area contributed by atoms with Crippen molar-refractivity contribution in [3.8, 4) is 0 Å². The highest BCUT2D eigenvalue weighted by atomic mass is 19.4. The van der Waals surface area contributed by atoms with E-state index in [4.69, 9.17) is 4.52 Å². The molecule has 7 heteroatoms. The lowest BCUT2D eigenvalue weighted by Crippen LogP contribution is -2.21. The van der Waals surface area contributed by atoms with Crippen LogP contribution in [0, 0.1) is 0 Å². The molecule has 0 aliphatic carbocycles. The van der Waals surface area contributed by atoms with E-state index in [9.17, 15) is 13.2 Å². The molecule has 1 aromatic carbocycles. The van der Waals surface area contributed by atoms with Crippen molar-refractivity contribution in [1.82, 2.24) is 15.5 Å². The van der Waals surface area contributed by atoms with Crippen LogP contribution in [0.4, 0.5) is 13.2 Å². The third kappa shape index (κ3) is 3.31. The number of benzene rings is 1. The molecule has 0 saturated heterocycles. The van der Waals surface area contributed by atoms with Gasteiger partial charge < -0.3 is 9.84 Å². The van der Waals surface area contributed by atoms with Crippen LogP contribution in [0.2, 0.25) is 0 Å². The molecule has 0 amide bonds. The van der Waals surface area contributed by atoms with E-state index in [2.05, 4.69) is 15.5 Å². The maximum atomic E-state index is 13.5. The maximum Gasteiger partial charge on any atom is 0.416 e. The summed E-state index contributed by atoms with van der Waals surface area (Å²) in [6.45, 7) is 5.50. The summed E-state index contributed by atoms with van der Waals surface area (Å²) in [5, 5.41) is 7.02. The summed E-state index contributed by atoms with van der Waals surface area (Å²) < 4.78 is 45.8. The van der Waals surface area contributed by atoms with Gasteiger partial charge in [0.1, 0.15) is 0 Å². The monoisotopic (exact) mass is 349 g/mol. The fraction of sp³-hybridized carbons (Fsp3) is 0.333. The third-order valence-electron chi connectivity index (χ3n) is 4.13. The number of allylic oxidation sites excluding steroid dienone is 4. The van der Waals surface area contributed by atoms with Gasteiger partial charge in [0.15, 0.2) is 5.82 Å². The largest absolute Gasteiger partial charge is 0.416 e. The minimum absolute atomic E-state index is 0.168. The number of hydrogen-bond acceptors (Lipinski definition) is 4. The number of nitrogens with zero attached hydrogens (tertiary/aromatic N) is 2. The van der Waals surface area contributed by atoms with E-state index in [1.54, 1.807) is 19.1 Å². The second-order valence-electron chi connectivity index (χ2n) is 5.95. The van der Waals surface area contributed by atoms with Gasteiger partial charge in [0.2, 0.25) is 0 Å². The van der Waals surface area contributed by atoms with Gasteiger partial charge in [-0.1, -0.05) is 36.4 Å². The highest BCUT2D eigenvalue weighted by molar-refractivity contribution is 5.73. The van der Waals surface area contributed by atoms with Gasteiger partial charge in [-0.25, -0.2) is 0 Å². The number of aryl methyl sites for hydroxylation is 1. The van der Waals surface area contributed by atoms with Crippen LogP contribution in [-0.4, -0.2) is 10.1 Å². The van der Waals surface area contributed by atoms with Gasteiger partial charge in [-0.3, -0.25) is 0 Å². The molecule has 1 atom stereocenters. The predicted molar refractivity (Wildman–Crippen MR) is 87.3 cm³/mol. The number of hydrogen-bond donors (Lipinski definition) is 1. The molecule has 0 saturated carbocycles. The van der Waals surface area contributed by atoms with Gasteiger partial charge in [-0.15, -0.1) is 0 Å². The molecule has 0 fully saturated rings. The molecule has 0 bridgehead atoms. The second kappa shape index (κ2) is 6.38. The first-order valence-electron chi connectivity index (χ1n) is 7.96. The van der Waals surface area contributed by atoms with Crippen LogP contribution >= 0.6 is 0 Å². The van der Waals surface area contributed by atoms with E-state index in [0.29, 0.717) is 23.5 Å². The minimum atomic E-state index is -4.44. The second-order valence-corrected chi connectivity index (χ2v) is 5.95. The summed E-state index contributed by atoms with van der Waals surface area (Å²) in [6.07, 6.45) is -2.10.